The van der Waals surface area contributed by atoms with Crippen LogP contribution >= 0.6 is 0 Å². The molecule has 1 amide bonds. The summed E-state index contributed by atoms with van der Waals surface area (Å²) in [7, 11) is 0. The van der Waals surface area contributed by atoms with Crippen molar-refractivity contribution in [2.45, 2.75) is 32.2 Å². The Bertz CT molecular complexity index is 544. The van der Waals surface area contributed by atoms with Crippen molar-refractivity contribution in [3.63, 3.8) is 0 Å². The highest BCUT2D eigenvalue weighted by atomic mass is 16.2. The Morgan fingerprint density at radius 2 is 2.00 bits per heavy atom. The molecule has 0 radical (unpaired) electrons. The van der Waals surface area contributed by atoms with Gasteiger partial charge in [-0.25, -0.2) is 0 Å². The van der Waals surface area contributed by atoms with E-state index >= 15 is 0 Å². The number of benzene rings is 1. The summed E-state index contributed by atoms with van der Waals surface area (Å²) < 4.78 is 0. The lowest BCUT2D eigenvalue weighted by Gasteiger charge is -2.28. The topological polar surface area (TPSA) is 72.5 Å². The van der Waals surface area contributed by atoms with Gasteiger partial charge in [0.2, 0.25) is 5.78 Å². The number of fused-ring (bicyclic) bond motifs is 1. The number of rotatable bonds is 3. The van der Waals surface area contributed by atoms with Crippen molar-refractivity contribution < 1.29 is 9.59 Å². The molecule has 0 aromatic heterocycles. The summed E-state index contributed by atoms with van der Waals surface area (Å²) in [6, 6.07) is 7.83. The first-order valence-electron chi connectivity index (χ1n) is 5.89. The van der Waals surface area contributed by atoms with Crippen LogP contribution in [0.25, 0.3) is 0 Å². The number of carbonyl (C=O) groups excluding carboxylic acids is 2. The van der Waals surface area contributed by atoms with Gasteiger partial charge in [-0.3, -0.25) is 14.6 Å². The number of Topliss-reactive ketones (excluding diaryl/α,β-unsaturated/α-hetero) is 1. The van der Waals surface area contributed by atoms with Crippen LogP contribution in [0.1, 0.15) is 31.4 Å². The highest BCUT2D eigenvalue weighted by Crippen LogP contribution is 2.27. The molecule has 4 nitrogen and oxygen atoms in total. The van der Waals surface area contributed by atoms with Crippen LogP contribution in [0, 0.1) is 0 Å². The normalized spacial score (nSPS) is 16.7. The second-order valence-corrected chi connectivity index (χ2v) is 5.17. The second kappa shape index (κ2) is 4.37. The summed E-state index contributed by atoms with van der Waals surface area (Å²) >= 11 is 0. The van der Waals surface area contributed by atoms with Gasteiger partial charge in [0, 0.05) is 0 Å². The third-order valence-electron chi connectivity index (χ3n) is 2.99. The van der Waals surface area contributed by atoms with Crippen LogP contribution in [0.5, 0.6) is 0 Å². The molecule has 0 aliphatic carbocycles. The molecule has 0 unspecified atom stereocenters. The maximum Gasteiger partial charge on any atom is 0.285 e. The number of carbonyl (C=O) groups is 2. The van der Waals surface area contributed by atoms with Gasteiger partial charge < -0.3 is 5.73 Å². The first-order valence-corrected chi connectivity index (χ1v) is 5.89. The summed E-state index contributed by atoms with van der Waals surface area (Å²) in [5.74, 6) is -1.50. The number of nitrogens with zero attached hydrogens (tertiary/aromatic N) is 1. The standard InChI is InChI=1S/C14H16N2O2/c1-14(2)8-9-5-3-4-6-10(9)11(16-14)7-12(17)13(15)18/h3-6H,7-8H2,1-2H3,(H2,15,18). The molecule has 1 heterocycles. The minimum absolute atomic E-state index is 0.0181. The Kier molecular flexibility index (Phi) is 3.03. The highest BCUT2D eigenvalue weighted by Gasteiger charge is 2.27. The van der Waals surface area contributed by atoms with Gasteiger partial charge in [-0.05, 0) is 31.4 Å². The molecule has 2 N–H and O–H groups in total. The van der Waals surface area contributed by atoms with E-state index in [4.69, 9.17) is 5.73 Å². The highest BCUT2D eigenvalue weighted by molar-refractivity contribution is 6.40. The molecule has 0 saturated heterocycles. The summed E-state index contributed by atoms with van der Waals surface area (Å²) in [5, 5.41) is 0. The van der Waals surface area contributed by atoms with Gasteiger partial charge in [-0.2, -0.15) is 0 Å². The monoisotopic (exact) mass is 244 g/mol. The van der Waals surface area contributed by atoms with Gasteiger partial charge in [0.25, 0.3) is 5.91 Å². The number of ketones is 1. The molecular weight excluding hydrogens is 228 g/mol. The first-order chi connectivity index (χ1) is 8.39. The van der Waals surface area contributed by atoms with Crippen LogP contribution in [-0.4, -0.2) is 22.9 Å². The molecule has 1 aromatic carbocycles. The van der Waals surface area contributed by atoms with Crippen LogP contribution in [0.4, 0.5) is 0 Å². The molecule has 94 valence electrons. The first kappa shape index (κ1) is 12.5. The van der Waals surface area contributed by atoms with E-state index < -0.39 is 11.7 Å². The van der Waals surface area contributed by atoms with Gasteiger partial charge in [0.1, 0.15) is 0 Å². The minimum atomic E-state index is -0.904. The SMILES string of the molecule is CC1(C)Cc2ccccc2C(CC(=O)C(N)=O)=N1. The fourth-order valence-corrected chi connectivity index (χ4v) is 2.26. The molecule has 0 atom stereocenters. The predicted octanol–water partition coefficient (Wildman–Crippen LogP) is 1.25. The molecule has 0 spiro atoms. The zero-order valence-corrected chi connectivity index (χ0v) is 10.6. The van der Waals surface area contributed by atoms with Crippen molar-refractivity contribution >= 4 is 17.4 Å². The zero-order valence-electron chi connectivity index (χ0n) is 10.6. The quantitative estimate of drug-likeness (QED) is 0.813. The summed E-state index contributed by atoms with van der Waals surface area (Å²) in [6.07, 6.45) is 0.813. The molecule has 1 aliphatic heterocycles. The van der Waals surface area contributed by atoms with Crippen LogP contribution in [0.3, 0.4) is 0 Å². The maximum absolute atomic E-state index is 11.5. The third kappa shape index (κ3) is 2.47. The second-order valence-electron chi connectivity index (χ2n) is 5.17. The summed E-state index contributed by atoms with van der Waals surface area (Å²) in [4.78, 5) is 26.9. The lowest BCUT2D eigenvalue weighted by atomic mass is 9.85. The van der Waals surface area contributed by atoms with Crippen molar-refractivity contribution in [3.05, 3.63) is 35.4 Å². The Morgan fingerprint density at radius 3 is 2.67 bits per heavy atom. The van der Waals surface area contributed by atoms with Crippen molar-refractivity contribution in [3.8, 4) is 0 Å². The largest absolute Gasteiger partial charge is 0.363 e. The van der Waals surface area contributed by atoms with E-state index in [9.17, 15) is 9.59 Å². The number of hydrogen-bond acceptors (Lipinski definition) is 3. The number of primary amides is 1. The summed E-state index contributed by atoms with van der Waals surface area (Å²) in [6.45, 7) is 4.02. The van der Waals surface area contributed by atoms with Gasteiger partial charge in [-0.15, -0.1) is 0 Å². The molecule has 18 heavy (non-hydrogen) atoms. The average Bonchev–Trinajstić information content (AvgIpc) is 2.27. The lowest BCUT2D eigenvalue weighted by Crippen LogP contribution is -2.32. The van der Waals surface area contributed by atoms with Crippen molar-refractivity contribution in [1.29, 1.82) is 0 Å². The van der Waals surface area contributed by atoms with E-state index in [0.717, 1.165) is 17.5 Å². The molecule has 4 heteroatoms. The molecule has 1 aromatic rings. The number of amides is 1. The predicted molar refractivity (Wildman–Crippen MR) is 69.6 cm³/mol. The van der Waals surface area contributed by atoms with Crippen LogP contribution in [0.2, 0.25) is 0 Å². The number of hydrogen-bond donors (Lipinski definition) is 1. The van der Waals surface area contributed by atoms with E-state index in [-0.39, 0.29) is 12.0 Å². The third-order valence-corrected chi connectivity index (χ3v) is 2.99. The smallest absolute Gasteiger partial charge is 0.285 e. The van der Waals surface area contributed by atoms with E-state index in [0.29, 0.717) is 5.71 Å². The van der Waals surface area contributed by atoms with Gasteiger partial charge in [0.05, 0.1) is 17.7 Å². The van der Waals surface area contributed by atoms with Gasteiger partial charge in [0.15, 0.2) is 0 Å². The van der Waals surface area contributed by atoms with Crippen molar-refractivity contribution in [2.75, 3.05) is 0 Å². The van der Waals surface area contributed by atoms with E-state index in [1.807, 2.05) is 38.1 Å². The molecule has 2 rings (SSSR count). The summed E-state index contributed by atoms with van der Waals surface area (Å²) in [5.41, 5.74) is 7.51. The molecule has 0 bridgehead atoms. The van der Waals surface area contributed by atoms with Crippen LogP contribution < -0.4 is 5.73 Å². The fourth-order valence-electron chi connectivity index (χ4n) is 2.26. The van der Waals surface area contributed by atoms with Gasteiger partial charge in [-0.1, -0.05) is 24.3 Å². The minimum Gasteiger partial charge on any atom is -0.363 e. The maximum atomic E-state index is 11.5. The van der Waals surface area contributed by atoms with E-state index in [1.165, 1.54) is 0 Å². The van der Waals surface area contributed by atoms with Crippen molar-refractivity contribution in [1.82, 2.24) is 0 Å². The number of aliphatic imine (C=N–C) groups is 1. The Labute approximate surface area is 106 Å². The number of nitrogens with two attached hydrogens (primary N) is 1. The Morgan fingerprint density at radius 1 is 1.33 bits per heavy atom. The van der Waals surface area contributed by atoms with Crippen LogP contribution in [-0.2, 0) is 16.0 Å². The van der Waals surface area contributed by atoms with Gasteiger partial charge >= 0.3 is 0 Å². The Hall–Kier alpha value is -1.97. The van der Waals surface area contributed by atoms with Crippen molar-refractivity contribution in [2.24, 2.45) is 10.7 Å². The molecule has 1 aliphatic rings. The molecule has 0 fully saturated rings. The fraction of sp³-hybridized carbons (Fsp3) is 0.357. The average molecular weight is 244 g/mol. The molecular formula is C14H16N2O2. The van der Waals surface area contributed by atoms with E-state index in [2.05, 4.69) is 4.99 Å². The molecule has 0 saturated carbocycles. The Balaban J connectivity index is 2.40. The van der Waals surface area contributed by atoms with Crippen LogP contribution in [0.15, 0.2) is 29.3 Å². The van der Waals surface area contributed by atoms with E-state index in [1.54, 1.807) is 0 Å². The lowest BCUT2D eigenvalue weighted by molar-refractivity contribution is -0.135. The zero-order chi connectivity index (χ0) is 13.3.